The average Bonchev–Trinajstić information content (AvgIpc) is 2.42. The maximum atomic E-state index is 13.2. The summed E-state index contributed by atoms with van der Waals surface area (Å²) < 4.78 is 18.9. The van der Waals surface area contributed by atoms with Gasteiger partial charge in [-0.15, -0.1) is 0 Å². The zero-order valence-corrected chi connectivity index (χ0v) is 12.0. The van der Waals surface area contributed by atoms with Crippen LogP contribution in [0.15, 0.2) is 42.5 Å². The number of ether oxygens (including phenoxy) is 1. The lowest BCUT2D eigenvalue weighted by molar-refractivity contribution is 0.467. The van der Waals surface area contributed by atoms with Crippen LogP contribution < -0.4 is 10.5 Å². The standard InChI is InChI=1S/C16H17ClFNO/c1-2-14(19)9-11-8-12(17)6-7-16(11)20-15-5-3-4-13(18)10-15/h3-8,10,14H,2,9,19H2,1H3. The monoisotopic (exact) mass is 293 g/mol. The highest BCUT2D eigenvalue weighted by molar-refractivity contribution is 6.30. The summed E-state index contributed by atoms with van der Waals surface area (Å²) in [6, 6.07) is 11.5. The first-order valence-corrected chi connectivity index (χ1v) is 6.93. The zero-order valence-electron chi connectivity index (χ0n) is 11.3. The first kappa shape index (κ1) is 14.8. The van der Waals surface area contributed by atoms with Gasteiger partial charge in [0.1, 0.15) is 17.3 Å². The van der Waals surface area contributed by atoms with E-state index in [9.17, 15) is 4.39 Å². The van der Waals surface area contributed by atoms with Crippen LogP contribution in [0.5, 0.6) is 11.5 Å². The Kier molecular flexibility index (Phi) is 4.99. The van der Waals surface area contributed by atoms with Crippen molar-refractivity contribution in [1.82, 2.24) is 0 Å². The second-order valence-corrected chi connectivity index (χ2v) is 5.12. The molecule has 106 valence electrons. The van der Waals surface area contributed by atoms with E-state index < -0.39 is 0 Å². The summed E-state index contributed by atoms with van der Waals surface area (Å²) in [5, 5.41) is 0.634. The van der Waals surface area contributed by atoms with Crippen molar-refractivity contribution in [3.05, 3.63) is 58.9 Å². The van der Waals surface area contributed by atoms with Crippen molar-refractivity contribution in [2.45, 2.75) is 25.8 Å². The highest BCUT2D eigenvalue weighted by Gasteiger charge is 2.10. The number of nitrogens with two attached hydrogens (primary N) is 1. The van der Waals surface area contributed by atoms with Gasteiger partial charge in [-0.2, -0.15) is 0 Å². The van der Waals surface area contributed by atoms with Gasteiger partial charge in [0, 0.05) is 17.1 Å². The van der Waals surface area contributed by atoms with Crippen LogP contribution in [-0.2, 0) is 6.42 Å². The average molecular weight is 294 g/mol. The molecule has 2 N–H and O–H groups in total. The fourth-order valence-corrected chi connectivity index (χ4v) is 2.09. The molecule has 4 heteroatoms. The van der Waals surface area contributed by atoms with Crippen LogP contribution in [0, 0.1) is 5.82 Å². The molecular formula is C16H17ClFNO. The van der Waals surface area contributed by atoms with Gasteiger partial charge in [-0.3, -0.25) is 0 Å². The van der Waals surface area contributed by atoms with Gasteiger partial charge in [0.15, 0.2) is 0 Å². The third kappa shape index (κ3) is 3.95. The molecule has 0 aliphatic rings. The Morgan fingerprint density at radius 1 is 1.25 bits per heavy atom. The highest BCUT2D eigenvalue weighted by Crippen LogP contribution is 2.29. The molecule has 20 heavy (non-hydrogen) atoms. The van der Waals surface area contributed by atoms with Crippen molar-refractivity contribution in [3.63, 3.8) is 0 Å². The Balaban J connectivity index is 2.26. The molecule has 2 rings (SSSR count). The van der Waals surface area contributed by atoms with Crippen LogP contribution in [-0.4, -0.2) is 6.04 Å². The molecule has 0 amide bonds. The van der Waals surface area contributed by atoms with E-state index in [0.29, 0.717) is 22.9 Å². The first-order chi connectivity index (χ1) is 9.58. The summed E-state index contributed by atoms with van der Waals surface area (Å²) in [5.41, 5.74) is 6.91. The van der Waals surface area contributed by atoms with E-state index in [4.69, 9.17) is 22.1 Å². The van der Waals surface area contributed by atoms with Gasteiger partial charge in [-0.05, 0) is 48.7 Å². The van der Waals surface area contributed by atoms with Crippen LogP contribution in [0.3, 0.4) is 0 Å². The van der Waals surface area contributed by atoms with Crippen molar-refractivity contribution >= 4 is 11.6 Å². The molecular weight excluding hydrogens is 277 g/mol. The molecule has 0 aliphatic carbocycles. The van der Waals surface area contributed by atoms with E-state index in [-0.39, 0.29) is 11.9 Å². The zero-order chi connectivity index (χ0) is 14.5. The summed E-state index contributed by atoms with van der Waals surface area (Å²) in [7, 11) is 0. The number of rotatable bonds is 5. The highest BCUT2D eigenvalue weighted by atomic mass is 35.5. The Morgan fingerprint density at radius 2 is 2.05 bits per heavy atom. The molecule has 0 bridgehead atoms. The van der Waals surface area contributed by atoms with Gasteiger partial charge in [0.05, 0.1) is 0 Å². The Hall–Kier alpha value is -1.58. The van der Waals surface area contributed by atoms with Gasteiger partial charge in [0.2, 0.25) is 0 Å². The molecule has 0 heterocycles. The minimum Gasteiger partial charge on any atom is -0.457 e. The van der Waals surface area contributed by atoms with Crippen LogP contribution in [0.1, 0.15) is 18.9 Å². The van der Waals surface area contributed by atoms with Gasteiger partial charge >= 0.3 is 0 Å². The molecule has 0 aromatic heterocycles. The molecule has 1 atom stereocenters. The van der Waals surface area contributed by atoms with Crippen LogP contribution >= 0.6 is 11.6 Å². The summed E-state index contributed by atoms with van der Waals surface area (Å²) in [6.07, 6.45) is 1.54. The fourth-order valence-electron chi connectivity index (χ4n) is 1.89. The molecule has 2 aromatic rings. The second-order valence-electron chi connectivity index (χ2n) is 4.68. The molecule has 1 unspecified atom stereocenters. The summed E-state index contributed by atoms with van der Waals surface area (Å²) in [5.74, 6) is 0.783. The normalized spacial score (nSPS) is 12.2. The van der Waals surface area contributed by atoms with Gasteiger partial charge in [0.25, 0.3) is 0 Å². The second kappa shape index (κ2) is 6.73. The van der Waals surface area contributed by atoms with Crippen molar-refractivity contribution < 1.29 is 9.13 Å². The third-order valence-electron chi connectivity index (χ3n) is 3.05. The van der Waals surface area contributed by atoms with Crippen molar-refractivity contribution in [1.29, 1.82) is 0 Å². The predicted molar refractivity (Wildman–Crippen MR) is 79.9 cm³/mol. The lowest BCUT2D eigenvalue weighted by atomic mass is 10.0. The number of hydrogen-bond acceptors (Lipinski definition) is 2. The lowest BCUT2D eigenvalue weighted by Gasteiger charge is -2.14. The van der Waals surface area contributed by atoms with E-state index in [2.05, 4.69) is 0 Å². The molecule has 0 aliphatic heterocycles. The van der Waals surface area contributed by atoms with Crippen molar-refractivity contribution in [3.8, 4) is 11.5 Å². The molecule has 0 spiro atoms. The number of hydrogen-bond donors (Lipinski definition) is 1. The third-order valence-corrected chi connectivity index (χ3v) is 3.29. The topological polar surface area (TPSA) is 35.2 Å². The lowest BCUT2D eigenvalue weighted by Crippen LogP contribution is -2.21. The van der Waals surface area contributed by atoms with E-state index in [1.54, 1.807) is 24.3 Å². The number of halogens is 2. The van der Waals surface area contributed by atoms with Crippen LogP contribution in [0.25, 0.3) is 0 Å². The molecule has 2 nitrogen and oxygen atoms in total. The molecule has 0 saturated carbocycles. The number of benzene rings is 2. The Labute approximate surface area is 123 Å². The van der Waals surface area contributed by atoms with Crippen molar-refractivity contribution in [2.24, 2.45) is 5.73 Å². The van der Waals surface area contributed by atoms with Gasteiger partial charge in [-0.1, -0.05) is 24.6 Å². The molecule has 0 saturated heterocycles. The van der Waals surface area contributed by atoms with Crippen LogP contribution in [0.2, 0.25) is 5.02 Å². The SMILES string of the molecule is CCC(N)Cc1cc(Cl)ccc1Oc1cccc(F)c1. The van der Waals surface area contributed by atoms with Crippen LogP contribution in [0.4, 0.5) is 4.39 Å². The Morgan fingerprint density at radius 3 is 2.75 bits per heavy atom. The summed E-state index contributed by atoms with van der Waals surface area (Å²) in [4.78, 5) is 0. The van der Waals surface area contributed by atoms with Gasteiger partial charge < -0.3 is 10.5 Å². The Bertz CT molecular complexity index is 588. The van der Waals surface area contributed by atoms with E-state index >= 15 is 0 Å². The first-order valence-electron chi connectivity index (χ1n) is 6.56. The molecule has 0 fully saturated rings. The summed E-state index contributed by atoms with van der Waals surface area (Å²) >= 11 is 6.02. The smallest absolute Gasteiger partial charge is 0.130 e. The van der Waals surface area contributed by atoms with E-state index in [1.165, 1.54) is 12.1 Å². The maximum absolute atomic E-state index is 13.2. The minimum absolute atomic E-state index is 0.0447. The molecule has 0 radical (unpaired) electrons. The fraction of sp³-hybridized carbons (Fsp3) is 0.250. The van der Waals surface area contributed by atoms with Crippen molar-refractivity contribution in [2.75, 3.05) is 0 Å². The largest absolute Gasteiger partial charge is 0.457 e. The molecule has 2 aromatic carbocycles. The van der Waals surface area contributed by atoms with E-state index in [1.807, 2.05) is 13.0 Å². The van der Waals surface area contributed by atoms with E-state index in [0.717, 1.165) is 12.0 Å². The quantitative estimate of drug-likeness (QED) is 0.877. The maximum Gasteiger partial charge on any atom is 0.130 e. The summed E-state index contributed by atoms with van der Waals surface area (Å²) in [6.45, 7) is 2.03. The van der Waals surface area contributed by atoms with Gasteiger partial charge in [-0.25, -0.2) is 4.39 Å². The minimum atomic E-state index is -0.330. The predicted octanol–water partition coefficient (Wildman–Crippen LogP) is 4.55.